The van der Waals surface area contributed by atoms with E-state index < -0.39 is 0 Å². The van der Waals surface area contributed by atoms with Crippen molar-refractivity contribution in [1.82, 2.24) is 0 Å². The minimum absolute atomic E-state index is 0.0896. The predicted molar refractivity (Wildman–Crippen MR) is 236 cm³/mol. The fraction of sp³-hybridized carbons (Fsp3) is 0.0566. The molecule has 0 atom stereocenters. The largest absolute Gasteiger partial charge is 0.456 e. The lowest BCUT2D eigenvalue weighted by molar-refractivity contribution is 0.661. The van der Waals surface area contributed by atoms with Gasteiger partial charge in [0.05, 0.1) is 16.8 Å². The first-order valence-corrected chi connectivity index (χ1v) is 19.4. The van der Waals surface area contributed by atoms with Crippen molar-refractivity contribution in [1.29, 1.82) is 0 Å². The van der Waals surface area contributed by atoms with Gasteiger partial charge in [-0.1, -0.05) is 129 Å². The summed E-state index contributed by atoms with van der Waals surface area (Å²) in [4.78, 5) is 4.76. The summed E-state index contributed by atoms with van der Waals surface area (Å²) >= 11 is 0. The van der Waals surface area contributed by atoms with Crippen LogP contribution in [-0.2, 0) is 5.41 Å². The number of hydrogen-bond acceptors (Lipinski definition) is 3. The van der Waals surface area contributed by atoms with E-state index in [1.807, 2.05) is 6.07 Å². The molecule has 1 aliphatic rings. The summed E-state index contributed by atoms with van der Waals surface area (Å²) < 4.78 is 6.49. The molecule has 0 spiro atoms. The third-order valence-corrected chi connectivity index (χ3v) is 11.8. The molecule has 10 aromatic rings. The second-order valence-electron chi connectivity index (χ2n) is 15.3. The highest BCUT2D eigenvalue weighted by Crippen LogP contribution is 2.52. The zero-order chi connectivity index (χ0) is 37.4. The Bertz CT molecular complexity index is 3080. The molecule has 1 aromatic heterocycles. The smallest absolute Gasteiger partial charge is 0.137 e. The van der Waals surface area contributed by atoms with E-state index in [-0.39, 0.29) is 5.41 Å². The van der Waals surface area contributed by atoms with Gasteiger partial charge in [-0.05, 0) is 117 Å². The molecule has 0 radical (unpaired) electrons. The van der Waals surface area contributed by atoms with Crippen molar-refractivity contribution >= 4 is 77.6 Å². The van der Waals surface area contributed by atoms with Crippen LogP contribution in [-0.4, -0.2) is 0 Å². The van der Waals surface area contributed by atoms with Gasteiger partial charge in [0.15, 0.2) is 0 Å². The van der Waals surface area contributed by atoms with E-state index in [4.69, 9.17) is 4.42 Å². The summed E-state index contributed by atoms with van der Waals surface area (Å²) in [5.41, 5.74) is 13.6. The summed E-state index contributed by atoms with van der Waals surface area (Å²) in [5.74, 6) is 0. The number of furan rings is 1. The summed E-state index contributed by atoms with van der Waals surface area (Å²) in [6.07, 6.45) is 0. The number of para-hydroxylation sites is 3. The van der Waals surface area contributed by atoms with Crippen LogP contribution in [0, 0.1) is 0 Å². The van der Waals surface area contributed by atoms with Crippen LogP contribution in [0.3, 0.4) is 0 Å². The zero-order valence-electron chi connectivity index (χ0n) is 31.3. The van der Waals surface area contributed by atoms with Gasteiger partial charge in [-0.25, -0.2) is 0 Å². The molecule has 0 unspecified atom stereocenters. The number of fused-ring (bicyclic) bond motifs is 9. The lowest BCUT2D eigenvalue weighted by Gasteiger charge is -2.30. The lowest BCUT2D eigenvalue weighted by Crippen LogP contribution is -2.14. The summed E-state index contributed by atoms with van der Waals surface area (Å²) in [6, 6.07) is 70.1. The Hall–Kier alpha value is -7.10. The maximum Gasteiger partial charge on any atom is 0.137 e. The van der Waals surface area contributed by atoms with Gasteiger partial charge in [-0.2, -0.15) is 0 Å². The van der Waals surface area contributed by atoms with Gasteiger partial charge in [0, 0.05) is 38.9 Å². The molecule has 266 valence electrons. The number of nitrogens with zero attached hydrogens (tertiary/aromatic N) is 2. The van der Waals surface area contributed by atoms with E-state index in [2.05, 4.69) is 212 Å². The first-order valence-electron chi connectivity index (χ1n) is 19.4. The van der Waals surface area contributed by atoms with E-state index in [0.29, 0.717) is 0 Å². The summed E-state index contributed by atoms with van der Waals surface area (Å²) in [7, 11) is 0. The summed E-state index contributed by atoms with van der Waals surface area (Å²) in [5, 5.41) is 7.12. The number of rotatable bonds is 6. The Balaban J connectivity index is 1.17. The van der Waals surface area contributed by atoms with Crippen LogP contribution in [0.5, 0.6) is 0 Å². The van der Waals surface area contributed by atoms with Gasteiger partial charge >= 0.3 is 0 Å². The average Bonchev–Trinajstić information content (AvgIpc) is 3.73. The molecule has 0 saturated carbocycles. The quantitative estimate of drug-likeness (QED) is 0.160. The Morgan fingerprint density at radius 2 is 0.982 bits per heavy atom. The first kappa shape index (κ1) is 32.3. The average molecular weight is 719 g/mol. The third kappa shape index (κ3) is 4.91. The minimum atomic E-state index is -0.0896. The molecule has 0 amide bonds. The van der Waals surface area contributed by atoms with Crippen LogP contribution in [0.2, 0.25) is 0 Å². The molecule has 1 heterocycles. The molecular formula is C53H38N2O. The molecule has 0 saturated heterocycles. The maximum atomic E-state index is 6.49. The minimum Gasteiger partial charge on any atom is -0.456 e. The van der Waals surface area contributed by atoms with Gasteiger partial charge < -0.3 is 14.2 Å². The predicted octanol–water partition coefficient (Wildman–Crippen LogP) is 15.1. The van der Waals surface area contributed by atoms with Gasteiger partial charge in [-0.15, -0.1) is 0 Å². The van der Waals surface area contributed by atoms with Crippen molar-refractivity contribution in [3.8, 4) is 11.1 Å². The molecule has 0 bridgehead atoms. The van der Waals surface area contributed by atoms with E-state index in [1.165, 1.54) is 43.8 Å². The first-order chi connectivity index (χ1) is 27.5. The second kappa shape index (κ2) is 12.5. The number of benzene rings is 9. The topological polar surface area (TPSA) is 19.6 Å². The molecule has 0 N–H and O–H groups in total. The highest BCUT2D eigenvalue weighted by molar-refractivity contribution is 6.17. The molecule has 3 nitrogen and oxygen atoms in total. The highest BCUT2D eigenvalue weighted by Gasteiger charge is 2.35. The van der Waals surface area contributed by atoms with E-state index >= 15 is 0 Å². The lowest BCUT2D eigenvalue weighted by atomic mass is 9.81. The fourth-order valence-electron chi connectivity index (χ4n) is 9.19. The van der Waals surface area contributed by atoms with Crippen LogP contribution in [0.15, 0.2) is 199 Å². The molecule has 11 rings (SSSR count). The molecular weight excluding hydrogens is 681 g/mol. The van der Waals surface area contributed by atoms with E-state index in [1.54, 1.807) is 0 Å². The van der Waals surface area contributed by atoms with Crippen LogP contribution in [0.4, 0.5) is 34.1 Å². The second-order valence-corrected chi connectivity index (χ2v) is 15.3. The Labute approximate surface area is 326 Å². The van der Waals surface area contributed by atoms with Gasteiger partial charge in [0.1, 0.15) is 11.2 Å². The molecule has 1 aliphatic carbocycles. The molecule has 9 aromatic carbocycles. The van der Waals surface area contributed by atoms with Crippen LogP contribution < -0.4 is 9.80 Å². The fourth-order valence-corrected chi connectivity index (χ4v) is 9.19. The van der Waals surface area contributed by atoms with E-state index in [0.717, 1.165) is 56.1 Å². The molecule has 3 heteroatoms. The van der Waals surface area contributed by atoms with Gasteiger partial charge in [-0.3, -0.25) is 0 Å². The highest BCUT2D eigenvalue weighted by atomic mass is 16.3. The van der Waals surface area contributed by atoms with Crippen LogP contribution in [0.25, 0.3) is 54.6 Å². The van der Waals surface area contributed by atoms with Crippen molar-refractivity contribution in [2.45, 2.75) is 19.3 Å². The Morgan fingerprint density at radius 1 is 0.375 bits per heavy atom. The Kier molecular flexibility index (Phi) is 7.20. The zero-order valence-corrected chi connectivity index (χ0v) is 31.3. The van der Waals surface area contributed by atoms with Crippen LogP contribution >= 0.6 is 0 Å². The SMILES string of the molecule is CC1(C)c2ccccc2-c2cc3ccc4c(N(c5cccc(N(c6ccccc6)c6ccccc6)c5)c5cccc6oc7ccccc7c56)cccc4c3cc21. The van der Waals surface area contributed by atoms with Crippen LogP contribution in [0.1, 0.15) is 25.0 Å². The standard InChI is InChI=1S/C53H38N2O/c1-53(2)46-25-11-9-22-41(46)45-32-35-30-31-42-40(44(35)34-47(45)53)24-14-26-48(42)55(49-27-15-29-51-52(49)43-23-10-12-28-50(43)56-51)39-21-13-20-38(33-39)54(36-16-5-3-6-17-36)37-18-7-4-8-19-37/h3-34H,1-2H3. The number of anilines is 6. The monoisotopic (exact) mass is 718 g/mol. The molecule has 56 heavy (non-hydrogen) atoms. The Morgan fingerprint density at radius 3 is 1.79 bits per heavy atom. The third-order valence-electron chi connectivity index (χ3n) is 11.8. The van der Waals surface area contributed by atoms with Crippen molar-refractivity contribution in [2.75, 3.05) is 9.80 Å². The van der Waals surface area contributed by atoms with Crippen molar-refractivity contribution in [2.24, 2.45) is 0 Å². The normalized spacial score (nSPS) is 13.0. The summed E-state index contributed by atoms with van der Waals surface area (Å²) in [6.45, 7) is 4.72. The van der Waals surface area contributed by atoms with Crippen molar-refractivity contribution in [3.05, 3.63) is 205 Å². The van der Waals surface area contributed by atoms with Gasteiger partial charge in [0.25, 0.3) is 0 Å². The molecule has 0 aliphatic heterocycles. The van der Waals surface area contributed by atoms with Crippen molar-refractivity contribution in [3.63, 3.8) is 0 Å². The van der Waals surface area contributed by atoms with Crippen molar-refractivity contribution < 1.29 is 4.42 Å². The number of hydrogen-bond donors (Lipinski definition) is 0. The van der Waals surface area contributed by atoms with Gasteiger partial charge in [0.2, 0.25) is 0 Å². The van der Waals surface area contributed by atoms with E-state index in [9.17, 15) is 0 Å². The molecule has 0 fully saturated rings. The maximum absolute atomic E-state index is 6.49.